The lowest BCUT2D eigenvalue weighted by Crippen LogP contribution is -2.23. The summed E-state index contributed by atoms with van der Waals surface area (Å²) in [5.41, 5.74) is 1.68. The van der Waals surface area contributed by atoms with Gasteiger partial charge in [0.25, 0.3) is 10.1 Å². The smallest absolute Gasteiger partial charge is 0.297 e. The average Bonchev–Trinajstić information content (AvgIpc) is 2.60. The summed E-state index contributed by atoms with van der Waals surface area (Å²) in [5.74, 6) is 0.443. The molecule has 2 aromatic rings. The molecule has 1 atom stereocenters. The number of rotatable bonds is 8. The Kier molecular flexibility index (Phi) is 6.52. The number of nitrogens with zero attached hydrogens (tertiary/aromatic N) is 1. The van der Waals surface area contributed by atoms with Crippen LogP contribution in [-0.2, 0) is 14.3 Å². The zero-order valence-electron chi connectivity index (χ0n) is 13.7. The summed E-state index contributed by atoms with van der Waals surface area (Å²) >= 11 is 3.30. The van der Waals surface area contributed by atoms with Gasteiger partial charge in [-0.15, -0.1) is 0 Å². The summed E-state index contributed by atoms with van der Waals surface area (Å²) < 4.78 is 35.9. The molecule has 1 aromatic carbocycles. The summed E-state index contributed by atoms with van der Waals surface area (Å²) in [6.45, 7) is 9.05. The minimum Gasteiger partial charge on any atom is -0.480 e. The highest BCUT2D eigenvalue weighted by atomic mass is 79.9. The summed E-state index contributed by atoms with van der Waals surface area (Å²) in [5, 5.41) is 0. The second kappa shape index (κ2) is 8.42. The monoisotopic (exact) mass is 423 g/mol. The summed E-state index contributed by atoms with van der Waals surface area (Å²) in [6.07, 6.45) is 4.01. The quantitative estimate of drug-likeness (QED) is 0.362. The number of halogens is 1. The fraction of sp³-hybridized carbons (Fsp3) is 0.167. The van der Waals surface area contributed by atoms with Crippen molar-refractivity contribution >= 4 is 32.1 Å². The second-order valence-corrected chi connectivity index (χ2v) is 7.53. The minimum atomic E-state index is -3.88. The minimum absolute atomic E-state index is 0.0928. The summed E-state index contributed by atoms with van der Waals surface area (Å²) in [6, 6.07) is 8.16. The van der Waals surface area contributed by atoms with Crippen LogP contribution < -0.4 is 4.74 Å². The zero-order chi connectivity index (χ0) is 18.4. The largest absolute Gasteiger partial charge is 0.480 e. The molecule has 0 fully saturated rings. The van der Waals surface area contributed by atoms with Crippen LogP contribution in [0.15, 0.2) is 65.3 Å². The van der Waals surface area contributed by atoms with Gasteiger partial charge in [0.1, 0.15) is 17.3 Å². The highest BCUT2D eigenvalue weighted by Crippen LogP contribution is 2.29. The molecule has 25 heavy (non-hydrogen) atoms. The fourth-order valence-electron chi connectivity index (χ4n) is 1.94. The van der Waals surface area contributed by atoms with Gasteiger partial charge in [-0.3, -0.25) is 4.18 Å². The van der Waals surface area contributed by atoms with Crippen molar-refractivity contribution in [1.82, 2.24) is 4.98 Å². The first kappa shape index (κ1) is 19.4. The lowest BCUT2D eigenvalue weighted by Gasteiger charge is -2.18. The number of hydrogen-bond donors (Lipinski definition) is 0. The van der Waals surface area contributed by atoms with Crippen LogP contribution in [0.25, 0.3) is 6.08 Å². The lowest BCUT2D eigenvalue weighted by molar-refractivity contribution is 0.166. The Morgan fingerprint density at radius 3 is 2.52 bits per heavy atom. The molecular weight excluding hydrogens is 406 g/mol. The maximum absolute atomic E-state index is 12.3. The van der Waals surface area contributed by atoms with E-state index >= 15 is 0 Å². The topological polar surface area (TPSA) is 65.5 Å². The fourth-order valence-corrected chi connectivity index (χ4v) is 3.30. The molecule has 0 radical (unpaired) electrons. The molecule has 0 bridgehead atoms. The Morgan fingerprint density at radius 1 is 1.24 bits per heavy atom. The van der Waals surface area contributed by atoms with Crippen molar-refractivity contribution in [2.24, 2.45) is 0 Å². The predicted octanol–water partition coefficient (Wildman–Crippen LogP) is 4.13. The van der Waals surface area contributed by atoms with Gasteiger partial charge in [-0.25, -0.2) is 4.98 Å². The Balaban J connectivity index is 2.12. The van der Waals surface area contributed by atoms with Crippen LogP contribution in [0.1, 0.15) is 11.1 Å². The van der Waals surface area contributed by atoms with E-state index in [0.29, 0.717) is 10.4 Å². The number of benzene rings is 1. The molecule has 0 N–H and O–H groups in total. The van der Waals surface area contributed by atoms with Crippen molar-refractivity contribution in [2.45, 2.75) is 17.9 Å². The highest BCUT2D eigenvalue weighted by Gasteiger charge is 2.19. The molecule has 0 amide bonds. The van der Waals surface area contributed by atoms with Gasteiger partial charge >= 0.3 is 0 Å². The molecule has 0 aliphatic carbocycles. The predicted molar refractivity (Wildman–Crippen MR) is 101 cm³/mol. The van der Waals surface area contributed by atoms with Crippen LogP contribution in [0, 0.1) is 6.92 Å². The zero-order valence-corrected chi connectivity index (χ0v) is 16.1. The van der Waals surface area contributed by atoms with E-state index in [2.05, 4.69) is 34.1 Å². The molecule has 1 heterocycles. The summed E-state index contributed by atoms with van der Waals surface area (Å²) in [4.78, 5) is 4.18. The van der Waals surface area contributed by atoms with Crippen molar-refractivity contribution in [3.63, 3.8) is 0 Å². The Bertz CT molecular complexity index is 863. The molecule has 0 unspecified atom stereocenters. The lowest BCUT2D eigenvalue weighted by atomic mass is 10.2. The number of aromatic nitrogens is 1. The van der Waals surface area contributed by atoms with E-state index < -0.39 is 16.2 Å². The van der Waals surface area contributed by atoms with Crippen LogP contribution in [0.4, 0.5) is 0 Å². The van der Waals surface area contributed by atoms with Gasteiger partial charge < -0.3 is 4.74 Å². The second-order valence-electron chi connectivity index (χ2n) is 5.17. The van der Waals surface area contributed by atoms with Gasteiger partial charge in [0.05, 0.1) is 4.90 Å². The summed E-state index contributed by atoms with van der Waals surface area (Å²) in [7, 11) is -3.88. The van der Waals surface area contributed by atoms with E-state index in [4.69, 9.17) is 8.92 Å². The van der Waals surface area contributed by atoms with Gasteiger partial charge in [-0.05, 0) is 47.1 Å². The molecule has 0 saturated heterocycles. The molecule has 132 valence electrons. The Labute approximate surface area is 156 Å². The molecule has 0 aliphatic heterocycles. The van der Waals surface area contributed by atoms with Gasteiger partial charge in [0.15, 0.2) is 5.75 Å². The Hall–Kier alpha value is -1.96. The number of aryl methyl sites for hydroxylation is 1. The van der Waals surface area contributed by atoms with Crippen LogP contribution >= 0.6 is 15.9 Å². The molecule has 5 nitrogen and oxygen atoms in total. The normalized spacial score (nSPS) is 12.4. The third-order valence-electron chi connectivity index (χ3n) is 3.34. The van der Waals surface area contributed by atoms with E-state index in [0.717, 1.165) is 11.1 Å². The third kappa shape index (κ3) is 5.01. The maximum Gasteiger partial charge on any atom is 0.297 e. The van der Waals surface area contributed by atoms with E-state index in [1.807, 2.05) is 6.92 Å². The maximum atomic E-state index is 12.3. The van der Waals surface area contributed by atoms with E-state index in [-0.39, 0.29) is 11.5 Å². The SMILES string of the molecule is C=Cc1ccnc(Br)c1O[C@H](C=C)COS(=O)(=O)c1ccc(C)cc1. The van der Waals surface area contributed by atoms with Crippen molar-refractivity contribution in [3.8, 4) is 5.75 Å². The van der Waals surface area contributed by atoms with E-state index in [9.17, 15) is 8.42 Å². The molecule has 0 saturated carbocycles. The molecule has 7 heteroatoms. The van der Waals surface area contributed by atoms with E-state index in [1.54, 1.807) is 30.5 Å². The van der Waals surface area contributed by atoms with Crippen molar-refractivity contribution in [3.05, 3.63) is 71.5 Å². The first-order valence-electron chi connectivity index (χ1n) is 7.39. The first-order valence-corrected chi connectivity index (χ1v) is 9.59. The van der Waals surface area contributed by atoms with Gasteiger partial charge in [-0.1, -0.05) is 36.9 Å². The molecular formula is C18H18BrNO4S. The van der Waals surface area contributed by atoms with Crippen LogP contribution in [-0.4, -0.2) is 26.1 Å². The van der Waals surface area contributed by atoms with E-state index in [1.165, 1.54) is 18.2 Å². The van der Waals surface area contributed by atoms with Crippen LogP contribution in [0.5, 0.6) is 5.75 Å². The average molecular weight is 424 g/mol. The van der Waals surface area contributed by atoms with Gasteiger partial charge in [0, 0.05) is 11.8 Å². The number of hydrogen-bond acceptors (Lipinski definition) is 5. The first-order chi connectivity index (χ1) is 11.9. The Morgan fingerprint density at radius 2 is 1.92 bits per heavy atom. The van der Waals surface area contributed by atoms with Gasteiger partial charge in [0.2, 0.25) is 0 Å². The molecule has 1 aromatic heterocycles. The molecule has 0 spiro atoms. The number of ether oxygens (including phenoxy) is 1. The van der Waals surface area contributed by atoms with Crippen molar-refractivity contribution < 1.29 is 17.3 Å². The molecule has 2 rings (SSSR count). The highest BCUT2D eigenvalue weighted by molar-refractivity contribution is 9.10. The van der Waals surface area contributed by atoms with Gasteiger partial charge in [-0.2, -0.15) is 8.42 Å². The molecule has 0 aliphatic rings. The van der Waals surface area contributed by atoms with Crippen LogP contribution in [0.2, 0.25) is 0 Å². The van der Waals surface area contributed by atoms with Crippen molar-refractivity contribution in [1.29, 1.82) is 0 Å². The third-order valence-corrected chi connectivity index (χ3v) is 5.20. The number of pyridine rings is 1. The van der Waals surface area contributed by atoms with Crippen molar-refractivity contribution in [2.75, 3.05) is 6.61 Å². The van der Waals surface area contributed by atoms with Crippen LogP contribution in [0.3, 0.4) is 0 Å². The standard InChI is InChI=1S/C18H18BrNO4S/c1-4-14-10-11-20-18(19)17(14)24-15(5-2)12-23-25(21,22)16-8-6-13(3)7-9-16/h4-11,15H,1-2,12H2,3H3/t15-/m1/s1.